The van der Waals surface area contributed by atoms with E-state index < -0.39 is 6.10 Å². The minimum atomic E-state index is -0.765. The molecule has 0 bridgehead atoms. The molecule has 0 N–H and O–H groups in total. The Morgan fingerprint density at radius 2 is 0.444 bits per heavy atom. The Kier molecular flexibility index (Phi) is 55.9. The van der Waals surface area contributed by atoms with Crippen molar-refractivity contribution in [1.82, 2.24) is 0 Å². The Morgan fingerprint density at radius 3 is 0.653 bits per heavy atom. The fourth-order valence-corrected chi connectivity index (χ4v) is 10.1. The van der Waals surface area contributed by atoms with E-state index in [2.05, 4.69) is 41.5 Å². The van der Waals surface area contributed by atoms with Gasteiger partial charge in [0.25, 0.3) is 0 Å². The van der Waals surface area contributed by atoms with E-state index in [0.717, 1.165) is 75.5 Å². The molecule has 0 aromatic carbocycles. The summed E-state index contributed by atoms with van der Waals surface area (Å²) >= 11 is 0. The molecule has 0 saturated heterocycles. The first-order valence-electron chi connectivity index (χ1n) is 32.7. The fraction of sp³-hybridized carbons (Fsp3) is 0.955. The average Bonchev–Trinajstić information content (AvgIpc) is 3.38. The van der Waals surface area contributed by atoms with Gasteiger partial charge in [0.2, 0.25) is 0 Å². The van der Waals surface area contributed by atoms with Crippen molar-refractivity contribution >= 4 is 17.9 Å². The summed E-state index contributed by atoms with van der Waals surface area (Å²) in [6.45, 7) is 13.9. The molecule has 0 fully saturated rings. The van der Waals surface area contributed by atoms with E-state index in [1.54, 1.807) is 0 Å². The highest BCUT2D eigenvalue weighted by Gasteiger charge is 2.20. The number of carbonyl (C=O) groups excluding carboxylic acids is 3. The number of esters is 3. The van der Waals surface area contributed by atoms with Crippen LogP contribution in [0.5, 0.6) is 0 Å². The summed E-state index contributed by atoms with van der Waals surface area (Å²) in [4.78, 5) is 38.3. The standard InChI is InChI=1S/C66H128O6/c1-7-60(4)52-46-40-34-28-22-18-14-12-10-11-13-15-20-24-31-37-43-49-55-64(67)70-58-63(59-71-65(68)56-50-44-38-32-27-26-30-36-42-48-54-62(6)9-3)72-66(69)57-51-45-39-33-25-21-17-16-19-23-29-35-41-47-53-61(5)8-2/h60-63H,7-59H2,1-6H3/t60?,61?,62?,63-/m0/s1. The van der Waals surface area contributed by atoms with E-state index in [0.29, 0.717) is 19.3 Å². The lowest BCUT2D eigenvalue weighted by atomic mass is 9.99. The first-order valence-corrected chi connectivity index (χ1v) is 32.7. The fourth-order valence-electron chi connectivity index (χ4n) is 10.1. The smallest absolute Gasteiger partial charge is 0.306 e. The van der Waals surface area contributed by atoms with Crippen LogP contribution in [0.2, 0.25) is 0 Å². The number of ether oxygens (including phenoxy) is 3. The third-order valence-corrected chi connectivity index (χ3v) is 16.2. The predicted molar refractivity (Wildman–Crippen MR) is 312 cm³/mol. The van der Waals surface area contributed by atoms with Crippen LogP contribution in [-0.4, -0.2) is 37.2 Å². The van der Waals surface area contributed by atoms with Crippen molar-refractivity contribution in [3.63, 3.8) is 0 Å². The van der Waals surface area contributed by atoms with Gasteiger partial charge in [-0.2, -0.15) is 0 Å². The minimum absolute atomic E-state index is 0.0627. The molecule has 0 aliphatic heterocycles. The zero-order valence-corrected chi connectivity index (χ0v) is 49.7. The number of rotatable bonds is 59. The van der Waals surface area contributed by atoms with Crippen LogP contribution in [0.4, 0.5) is 0 Å². The lowest BCUT2D eigenvalue weighted by Gasteiger charge is -2.18. The number of hydrogen-bond acceptors (Lipinski definition) is 6. The van der Waals surface area contributed by atoms with Gasteiger partial charge in [0, 0.05) is 19.3 Å². The highest BCUT2D eigenvalue weighted by molar-refractivity contribution is 5.71. The molecule has 0 aliphatic rings. The molecule has 6 nitrogen and oxygen atoms in total. The molecule has 0 rings (SSSR count). The summed E-state index contributed by atoms with van der Waals surface area (Å²) < 4.78 is 17.0. The lowest BCUT2D eigenvalue weighted by Crippen LogP contribution is -2.30. The van der Waals surface area contributed by atoms with E-state index in [-0.39, 0.29) is 31.1 Å². The lowest BCUT2D eigenvalue weighted by molar-refractivity contribution is -0.167. The van der Waals surface area contributed by atoms with Crippen molar-refractivity contribution in [2.75, 3.05) is 13.2 Å². The van der Waals surface area contributed by atoms with Crippen LogP contribution < -0.4 is 0 Å². The van der Waals surface area contributed by atoms with E-state index in [9.17, 15) is 14.4 Å². The van der Waals surface area contributed by atoms with Gasteiger partial charge in [-0.3, -0.25) is 14.4 Å². The second kappa shape index (κ2) is 57.1. The quantitative estimate of drug-likeness (QED) is 0.0343. The molecule has 0 heterocycles. The van der Waals surface area contributed by atoms with Gasteiger partial charge in [0.1, 0.15) is 13.2 Å². The molecule has 0 amide bonds. The maximum atomic E-state index is 12.9. The van der Waals surface area contributed by atoms with Crippen LogP contribution in [0.3, 0.4) is 0 Å². The third-order valence-electron chi connectivity index (χ3n) is 16.2. The van der Waals surface area contributed by atoms with Crippen LogP contribution in [0.1, 0.15) is 369 Å². The van der Waals surface area contributed by atoms with Crippen LogP contribution >= 0.6 is 0 Å². The largest absolute Gasteiger partial charge is 0.462 e. The van der Waals surface area contributed by atoms with E-state index in [1.807, 2.05) is 0 Å². The van der Waals surface area contributed by atoms with Crippen molar-refractivity contribution in [2.24, 2.45) is 17.8 Å². The van der Waals surface area contributed by atoms with Crippen molar-refractivity contribution in [1.29, 1.82) is 0 Å². The molecule has 0 aromatic heterocycles. The Morgan fingerprint density at radius 1 is 0.264 bits per heavy atom. The Labute approximate surface area is 450 Å². The molecule has 0 radical (unpaired) electrons. The van der Waals surface area contributed by atoms with Crippen LogP contribution in [-0.2, 0) is 28.6 Å². The molecule has 4 atom stereocenters. The Bertz CT molecular complexity index is 1120. The third kappa shape index (κ3) is 54.7. The van der Waals surface area contributed by atoms with Crippen molar-refractivity contribution < 1.29 is 28.6 Å². The second-order valence-electron chi connectivity index (χ2n) is 23.5. The maximum Gasteiger partial charge on any atom is 0.306 e. The van der Waals surface area contributed by atoms with Gasteiger partial charge in [0.05, 0.1) is 0 Å². The molecule has 428 valence electrons. The van der Waals surface area contributed by atoms with Gasteiger partial charge in [0.15, 0.2) is 6.10 Å². The molecule has 0 aromatic rings. The molecular formula is C66H128O6. The monoisotopic (exact) mass is 1020 g/mol. The summed E-state index contributed by atoms with van der Waals surface area (Å²) in [5, 5.41) is 0. The molecule has 0 aliphatic carbocycles. The topological polar surface area (TPSA) is 78.9 Å². The van der Waals surface area contributed by atoms with Crippen molar-refractivity contribution in [3.05, 3.63) is 0 Å². The molecule has 3 unspecified atom stereocenters. The second-order valence-corrected chi connectivity index (χ2v) is 23.5. The molecule has 0 saturated carbocycles. The van der Waals surface area contributed by atoms with Gasteiger partial charge >= 0.3 is 17.9 Å². The Hall–Kier alpha value is -1.59. The van der Waals surface area contributed by atoms with Gasteiger partial charge in [-0.05, 0) is 37.0 Å². The Balaban J connectivity index is 4.27. The summed E-state index contributed by atoms with van der Waals surface area (Å²) in [6, 6.07) is 0. The number of unbranched alkanes of at least 4 members (excludes halogenated alkanes) is 39. The highest BCUT2D eigenvalue weighted by atomic mass is 16.6. The van der Waals surface area contributed by atoms with Gasteiger partial charge in [-0.1, -0.05) is 330 Å². The summed E-state index contributed by atoms with van der Waals surface area (Å²) in [7, 11) is 0. The highest BCUT2D eigenvalue weighted by Crippen LogP contribution is 2.20. The SMILES string of the molecule is CCC(C)CCCCCCCCCCCCCCCCCCCCC(=O)OC[C@@H](COC(=O)CCCCCCCCCCCCC(C)CC)OC(=O)CCCCCCCCCCCCCCCCC(C)CC. The predicted octanol–water partition coefficient (Wildman–Crippen LogP) is 21.8. The first-order chi connectivity index (χ1) is 35.2. The molecule has 72 heavy (non-hydrogen) atoms. The molecule has 0 spiro atoms. The maximum absolute atomic E-state index is 12.9. The van der Waals surface area contributed by atoms with Crippen LogP contribution in [0, 0.1) is 17.8 Å². The summed E-state index contributed by atoms with van der Waals surface area (Å²) in [5.41, 5.74) is 0. The first kappa shape index (κ1) is 70.4. The summed E-state index contributed by atoms with van der Waals surface area (Å²) in [6.07, 6.45) is 62.3. The van der Waals surface area contributed by atoms with Crippen LogP contribution in [0.15, 0.2) is 0 Å². The van der Waals surface area contributed by atoms with Crippen molar-refractivity contribution in [2.45, 2.75) is 375 Å². The molecule has 6 heteroatoms. The minimum Gasteiger partial charge on any atom is -0.462 e. The van der Waals surface area contributed by atoms with Gasteiger partial charge in [-0.15, -0.1) is 0 Å². The number of hydrogen-bond donors (Lipinski definition) is 0. The van der Waals surface area contributed by atoms with Gasteiger partial charge in [-0.25, -0.2) is 0 Å². The molecular weight excluding hydrogens is 889 g/mol. The summed E-state index contributed by atoms with van der Waals surface area (Å²) in [5.74, 6) is 1.84. The van der Waals surface area contributed by atoms with Crippen molar-refractivity contribution in [3.8, 4) is 0 Å². The zero-order valence-electron chi connectivity index (χ0n) is 49.7. The van der Waals surface area contributed by atoms with E-state index in [4.69, 9.17) is 14.2 Å². The van der Waals surface area contributed by atoms with Gasteiger partial charge < -0.3 is 14.2 Å². The van der Waals surface area contributed by atoms with Crippen LogP contribution in [0.25, 0.3) is 0 Å². The average molecular weight is 1020 g/mol. The van der Waals surface area contributed by atoms with E-state index in [1.165, 1.54) is 250 Å². The number of carbonyl (C=O) groups is 3. The zero-order chi connectivity index (χ0) is 52.6. The van der Waals surface area contributed by atoms with E-state index >= 15 is 0 Å². The normalized spacial score (nSPS) is 13.2.